The Kier molecular flexibility index (Phi) is 6.82. The third-order valence-electron chi connectivity index (χ3n) is 2.65. The molecular weight excluding hydrogens is 370 g/mol. The first-order valence-electron chi connectivity index (χ1n) is 6.00. The first-order chi connectivity index (χ1) is 9.59. The van der Waals surface area contributed by atoms with Gasteiger partial charge in [-0.2, -0.15) is 8.42 Å². The van der Waals surface area contributed by atoms with Crippen LogP contribution in [0.2, 0.25) is 0 Å². The molecule has 0 atom stereocenters. The monoisotopic (exact) mass is 386 g/mol. The molecule has 0 aromatic carbocycles. The Hall–Kier alpha value is -1.58. The first-order valence-corrected chi connectivity index (χ1v) is 7.49. The average molecular weight is 387 g/mol. The number of nitrogens with two attached hydrogens (primary N) is 1. The van der Waals surface area contributed by atoms with E-state index in [4.69, 9.17) is 10.3 Å². The predicted molar refractivity (Wildman–Crippen MR) is 89.1 cm³/mol. The van der Waals surface area contributed by atoms with Crippen LogP contribution in [0.25, 0.3) is 0 Å². The molecule has 0 bridgehead atoms. The number of hydrogen-bond donors (Lipinski definition) is 2. The molecule has 2 heterocycles. The van der Waals surface area contributed by atoms with Crippen LogP contribution in [-0.4, -0.2) is 18.6 Å². The lowest BCUT2D eigenvalue weighted by Crippen LogP contribution is -2.15. The van der Waals surface area contributed by atoms with Crippen molar-refractivity contribution in [2.24, 2.45) is 0 Å². The summed E-state index contributed by atoms with van der Waals surface area (Å²) in [6.07, 6.45) is 0.888. The molecule has 0 radical (unpaired) electrons. The number of halogens is 3. The summed E-state index contributed by atoms with van der Waals surface area (Å²) in [6, 6.07) is 2.24. The van der Waals surface area contributed by atoms with Crippen LogP contribution in [0.5, 0.6) is 0 Å². The number of pyridine rings is 1. The standard InChI is InChI=1S/C12H15FN4O3S.2ClH/c1-12(2,3)9-5-10(20-16-9)21(18,19)17-8-4-7(13)6-15-11(8)14;;/h4-6,17H,1-3H3,(H2,14,15);2*1H. The second-order valence-electron chi connectivity index (χ2n) is 5.47. The van der Waals surface area contributed by atoms with Crippen molar-refractivity contribution in [3.05, 3.63) is 29.8 Å². The van der Waals surface area contributed by atoms with Gasteiger partial charge in [0.25, 0.3) is 15.1 Å². The minimum Gasteiger partial charge on any atom is -0.382 e. The Morgan fingerprint density at radius 2 is 1.87 bits per heavy atom. The van der Waals surface area contributed by atoms with Crippen LogP contribution >= 0.6 is 24.8 Å². The number of sulfonamides is 1. The molecule has 0 unspecified atom stereocenters. The van der Waals surface area contributed by atoms with Gasteiger partial charge in [0, 0.05) is 17.5 Å². The van der Waals surface area contributed by atoms with E-state index in [-0.39, 0.29) is 46.8 Å². The summed E-state index contributed by atoms with van der Waals surface area (Å²) in [5.74, 6) is -0.856. The number of aromatic nitrogens is 2. The molecule has 130 valence electrons. The topological polar surface area (TPSA) is 111 Å². The SMILES string of the molecule is CC(C)(C)c1cc(S(=O)(=O)Nc2cc(F)cnc2N)on1.Cl.Cl. The smallest absolute Gasteiger partial charge is 0.298 e. The summed E-state index contributed by atoms with van der Waals surface area (Å²) >= 11 is 0. The zero-order valence-corrected chi connectivity index (χ0v) is 15.0. The van der Waals surface area contributed by atoms with E-state index in [1.807, 2.05) is 20.8 Å². The van der Waals surface area contributed by atoms with Crippen LogP contribution < -0.4 is 10.5 Å². The highest BCUT2D eigenvalue weighted by molar-refractivity contribution is 7.92. The quantitative estimate of drug-likeness (QED) is 0.838. The molecule has 0 aliphatic heterocycles. The molecule has 11 heteroatoms. The highest BCUT2D eigenvalue weighted by atomic mass is 35.5. The molecule has 23 heavy (non-hydrogen) atoms. The number of rotatable bonds is 3. The largest absolute Gasteiger partial charge is 0.382 e. The zero-order chi connectivity index (χ0) is 15.8. The first kappa shape index (κ1) is 21.4. The molecule has 3 N–H and O–H groups in total. The van der Waals surface area contributed by atoms with E-state index in [1.165, 1.54) is 6.07 Å². The summed E-state index contributed by atoms with van der Waals surface area (Å²) in [5, 5.41) is 3.34. The number of nitrogens with zero attached hydrogens (tertiary/aromatic N) is 2. The molecule has 0 aliphatic carbocycles. The zero-order valence-electron chi connectivity index (χ0n) is 12.5. The van der Waals surface area contributed by atoms with Crippen molar-refractivity contribution in [1.29, 1.82) is 0 Å². The summed E-state index contributed by atoms with van der Waals surface area (Å²) in [5.41, 5.74) is 5.45. The third kappa shape index (κ3) is 4.95. The summed E-state index contributed by atoms with van der Waals surface area (Å²) in [6.45, 7) is 5.59. The molecule has 0 spiro atoms. The van der Waals surface area contributed by atoms with Gasteiger partial charge < -0.3 is 10.3 Å². The summed E-state index contributed by atoms with van der Waals surface area (Å²) < 4.78 is 44.4. The van der Waals surface area contributed by atoms with Crippen LogP contribution in [0.1, 0.15) is 26.5 Å². The van der Waals surface area contributed by atoms with E-state index in [9.17, 15) is 12.8 Å². The van der Waals surface area contributed by atoms with Crippen molar-refractivity contribution in [2.75, 3.05) is 10.5 Å². The fourth-order valence-electron chi connectivity index (χ4n) is 1.47. The second-order valence-corrected chi connectivity index (χ2v) is 7.09. The van der Waals surface area contributed by atoms with Gasteiger partial charge in [0.2, 0.25) is 0 Å². The van der Waals surface area contributed by atoms with Gasteiger partial charge in [0.05, 0.1) is 17.6 Å². The molecule has 0 amide bonds. The maximum atomic E-state index is 13.1. The molecule has 2 aromatic heterocycles. The van der Waals surface area contributed by atoms with Crippen LogP contribution in [-0.2, 0) is 15.4 Å². The van der Waals surface area contributed by atoms with Crippen molar-refractivity contribution < 1.29 is 17.3 Å². The van der Waals surface area contributed by atoms with Crippen LogP contribution in [0.4, 0.5) is 15.9 Å². The number of nitrogen functional groups attached to an aromatic ring is 1. The van der Waals surface area contributed by atoms with Gasteiger partial charge in [-0.25, -0.2) is 9.37 Å². The normalized spacial score (nSPS) is 11.3. The van der Waals surface area contributed by atoms with Gasteiger partial charge in [-0.15, -0.1) is 24.8 Å². The molecular formula is C12H17Cl2FN4O3S. The summed E-state index contributed by atoms with van der Waals surface area (Å²) in [7, 11) is -4.06. The molecule has 0 aliphatic rings. The number of hydrogen-bond acceptors (Lipinski definition) is 6. The fourth-order valence-corrected chi connectivity index (χ4v) is 2.42. The van der Waals surface area contributed by atoms with Gasteiger partial charge in [0.15, 0.2) is 0 Å². The van der Waals surface area contributed by atoms with E-state index in [2.05, 4.69) is 14.9 Å². The van der Waals surface area contributed by atoms with Crippen LogP contribution in [0.3, 0.4) is 0 Å². The Morgan fingerprint density at radius 3 is 2.39 bits per heavy atom. The van der Waals surface area contributed by atoms with Gasteiger partial charge in [-0.05, 0) is 0 Å². The lowest BCUT2D eigenvalue weighted by Gasteiger charge is -2.12. The number of nitrogens with one attached hydrogen (secondary N) is 1. The highest BCUT2D eigenvalue weighted by Crippen LogP contribution is 2.26. The van der Waals surface area contributed by atoms with Crippen molar-refractivity contribution >= 4 is 46.3 Å². The lowest BCUT2D eigenvalue weighted by molar-refractivity contribution is 0.327. The van der Waals surface area contributed by atoms with Crippen molar-refractivity contribution in [1.82, 2.24) is 10.1 Å². The minimum atomic E-state index is -4.06. The van der Waals surface area contributed by atoms with Crippen molar-refractivity contribution in [3.8, 4) is 0 Å². The van der Waals surface area contributed by atoms with E-state index < -0.39 is 15.8 Å². The van der Waals surface area contributed by atoms with Crippen LogP contribution in [0, 0.1) is 5.82 Å². The Balaban J connectivity index is 0.00000242. The van der Waals surface area contributed by atoms with Gasteiger partial charge in [-0.1, -0.05) is 25.9 Å². The van der Waals surface area contributed by atoms with Crippen LogP contribution in [0.15, 0.2) is 27.9 Å². The molecule has 2 rings (SSSR count). The minimum absolute atomic E-state index is 0. The van der Waals surface area contributed by atoms with E-state index in [0.29, 0.717) is 5.69 Å². The van der Waals surface area contributed by atoms with E-state index >= 15 is 0 Å². The van der Waals surface area contributed by atoms with Crippen molar-refractivity contribution in [2.45, 2.75) is 31.3 Å². The number of anilines is 2. The Morgan fingerprint density at radius 1 is 1.26 bits per heavy atom. The summed E-state index contributed by atoms with van der Waals surface area (Å²) in [4.78, 5) is 3.53. The van der Waals surface area contributed by atoms with Gasteiger partial charge >= 0.3 is 0 Å². The predicted octanol–water partition coefficient (Wildman–Crippen LogP) is 2.73. The lowest BCUT2D eigenvalue weighted by atomic mass is 9.93. The third-order valence-corrected chi connectivity index (χ3v) is 3.86. The Bertz CT molecular complexity index is 775. The average Bonchev–Trinajstić information content (AvgIpc) is 2.83. The maximum absolute atomic E-state index is 13.1. The molecule has 7 nitrogen and oxygen atoms in total. The van der Waals surface area contributed by atoms with Gasteiger partial charge in [-0.3, -0.25) is 4.72 Å². The fraction of sp³-hybridized carbons (Fsp3) is 0.333. The second kappa shape index (κ2) is 7.33. The molecule has 0 saturated carbocycles. The van der Waals surface area contributed by atoms with E-state index in [1.54, 1.807) is 0 Å². The molecule has 2 aromatic rings. The van der Waals surface area contributed by atoms with Gasteiger partial charge in [0.1, 0.15) is 11.6 Å². The Labute approximate surface area is 145 Å². The maximum Gasteiger partial charge on any atom is 0.298 e. The molecule has 0 fully saturated rings. The highest BCUT2D eigenvalue weighted by Gasteiger charge is 2.26. The van der Waals surface area contributed by atoms with E-state index in [0.717, 1.165) is 12.3 Å². The van der Waals surface area contributed by atoms with Crippen molar-refractivity contribution in [3.63, 3.8) is 0 Å². The molecule has 0 saturated heterocycles.